The lowest BCUT2D eigenvalue weighted by atomic mass is 9.95. The van der Waals surface area contributed by atoms with Crippen LogP contribution in [0.5, 0.6) is 0 Å². The first-order valence-electron chi connectivity index (χ1n) is 8.33. The van der Waals surface area contributed by atoms with Crippen molar-refractivity contribution in [1.82, 2.24) is 10.6 Å². The molecule has 0 bridgehead atoms. The molecule has 25 heavy (non-hydrogen) atoms. The van der Waals surface area contributed by atoms with Crippen molar-refractivity contribution in [2.75, 3.05) is 6.54 Å². The molecule has 144 valence electrons. The number of rotatable bonds is 7. The second-order valence-electron chi connectivity index (χ2n) is 7.88. The van der Waals surface area contributed by atoms with Gasteiger partial charge in [-0.05, 0) is 48.0 Å². The third-order valence-corrected chi connectivity index (χ3v) is 2.87. The van der Waals surface area contributed by atoms with Gasteiger partial charge in [-0.15, -0.1) is 6.58 Å². The van der Waals surface area contributed by atoms with Gasteiger partial charge in [-0.25, -0.2) is 9.59 Å². The van der Waals surface area contributed by atoms with Gasteiger partial charge in [0, 0.05) is 19.4 Å². The lowest BCUT2D eigenvalue weighted by molar-refractivity contribution is -0.160. The molecule has 0 aliphatic heterocycles. The van der Waals surface area contributed by atoms with Crippen LogP contribution in [0.2, 0.25) is 0 Å². The number of nitrogens with one attached hydrogen (secondary N) is 2. The third-order valence-electron chi connectivity index (χ3n) is 2.87. The normalized spacial score (nSPS) is 14.0. The fourth-order valence-electron chi connectivity index (χ4n) is 2.03. The Morgan fingerprint density at radius 3 is 1.96 bits per heavy atom. The first kappa shape index (κ1) is 22.9. The van der Waals surface area contributed by atoms with Gasteiger partial charge in [-0.1, -0.05) is 6.08 Å². The maximum absolute atomic E-state index is 12.5. The summed E-state index contributed by atoms with van der Waals surface area (Å²) in [6.45, 7) is 15.6. The summed E-state index contributed by atoms with van der Waals surface area (Å²) in [5, 5.41) is 5.23. The molecular weight excluding hydrogens is 324 g/mol. The zero-order valence-electron chi connectivity index (χ0n) is 16.4. The van der Waals surface area contributed by atoms with Crippen molar-refractivity contribution in [3.8, 4) is 0 Å². The number of allylic oxidation sites excluding steroid dienone is 1. The predicted molar refractivity (Wildman–Crippen MR) is 96.0 cm³/mol. The Kier molecular flexibility index (Phi) is 8.66. The standard InChI is InChI=1S/C18H32N2O5/c1-9-10-13(11-19-16(23)25-18(6,7)8)14(20-12(2)21)15(22)24-17(3,4)5/h9,13-14H,1,10-11H2,2-8H3,(H,19,23)(H,20,21)/t13-,14+/m1/s1. The van der Waals surface area contributed by atoms with E-state index in [-0.39, 0.29) is 12.5 Å². The second kappa shape index (κ2) is 9.44. The summed E-state index contributed by atoms with van der Waals surface area (Å²) >= 11 is 0. The number of alkyl carbamates (subject to hydrolysis) is 1. The van der Waals surface area contributed by atoms with E-state index in [1.807, 2.05) is 0 Å². The number of carbonyl (C=O) groups excluding carboxylic acids is 3. The molecule has 2 amide bonds. The van der Waals surface area contributed by atoms with Gasteiger partial charge in [0.15, 0.2) is 0 Å². The molecule has 7 nitrogen and oxygen atoms in total. The summed E-state index contributed by atoms with van der Waals surface area (Å²) in [4.78, 5) is 35.8. The molecule has 2 N–H and O–H groups in total. The van der Waals surface area contributed by atoms with Crippen molar-refractivity contribution in [3.63, 3.8) is 0 Å². The average Bonchev–Trinajstić information content (AvgIpc) is 2.36. The quantitative estimate of drug-likeness (QED) is 0.540. The van der Waals surface area contributed by atoms with Crippen molar-refractivity contribution in [1.29, 1.82) is 0 Å². The van der Waals surface area contributed by atoms with Crippen LogP contribution in [-0.4, -0.2) is 41.8 Å². The average molecular weight is 356 g/mol. The molecule has 0 aliphatic rings. The molecule has 0 fully saturated rings. The fraction of sp³-hybridized carbons (Fsp3) is 0.722. The summed E-state index contributed by atoms with van der Waals surface area (Å²) < 4.78 is 10.6. The zero-order chi connectivity index (χ0) is 19.8. The molecule has 0 heterocycles. The van der Waals surface area contributed by atoms with E-state index in [1.54, 1.807) is 47.6 Å². The van der Waals surface area contributed by atoms with Crippen molar-refractivity contribution >= 4 is 18.0 Å². The molecule has 0 aromatic rings. The minimum atomic E-state index is -0.898. The number of carbonyl (C=O) groups is 3. The molecular formula is C18H32N2O5. The highest BCUT2D eigenvalue weighted by Gasteiger charge is 2.33. The van der Waals surface area contributed by atoms with Gasteiger partial charge >= 0.3 is 12.1 Å². The third kappa shape index (κ3) is 11.2. The van der Waals surface area contributed by atoms with Gasteiger partial charge in [-0.3, -0.25) is 4.79 Å². The number of hydrogen-bond donors (Lipinski definition) is 2. The van der Waals surface area contributed by atoms with E-state index in [4.69, 9.17) is 9.47 Å². The molecule has 0 unspecified atom stereocenters. The number of amides is 2. The molecule has 7 heteroatoms. The van der Waals surface area contributed by atoms with Crippen LogP contribution < -0.4 is 10.6 Å². The topological polar surface area (TPSA) is 93.7 Å². The molecule has 0 rings (SSSR count). The van der Waals surface area contributed by atoms with Crippen LogP contribution in [-0.2, 0) is 19.1 Å². The fourth-order valence-corrected chi connectivity index (χ4v) is 2.03. The Bertz CT molecular complexity index is 489. The Morgan fingerprint density at radius 1 is 1.04 bits per heavy atom. The largest absolute Gasteiger partial charge is 0.458 e. The molecule has 0 radical (unpaired) electrons. The minimum absolute atomic E-state index is 0.130. The van der Waals surface area contributed by atoms with Gasteiger partial charge in [0.25, 0.3) is 0 Å². The van der Waals surface area contributed by atoms with E-state index in [0.717, 1.165) is 0 Å². The lowest BCUT2D eigenvalue weighted by Gasteiger charge is -2.29. The molecule has 0 saturated heterocycles. The van der Waals surface area contributed by atoms with Crippen LogP contribution in [0.4, 0.5) is 4.79 Å². The van der Waals surface area contributed by atoms with E-state index >= 15 is 0 Å². The van der Waals surface area contributed by atoms with E-state index < -0.39 is 35.2 Å². The van der Waals surface area contributed by atoms with Crippen LogP contribution in [0.15, 0.2) is 12.7 Å². The monoisotopic (exact) mass is 356 g/mol. The van der Waals surface area contributed by atoms with E-state index in [0.29, 0.717) is 6.42 Å². The smallest absolute Gasteiger partial charge is 0.407 e. The molecule has 0 spiro atoms. The maximum Gasteiger partial charge on any atom is 0.407 e. The SMILES string of the molecule is C=CC[C@H](CNC(=O)OC(C)(C)C)[C@H](NC(C)=O)C(=O)OC(C)(C)C. The van der Waals surface area contributed by atoms with Gasteiger partial charge in [0.1, 0.15) is 17.2 Å². The van der Waals surface area contributed by atoms with Crippen molar-refractivity contribution in [2.24, 2.45) is 5.92 Å². The highest BCUT2D eigenvalue weighted by molar-refractivity contribution is 5.83. The lowest BCUT2D eigenvalue weighted by Crippen LogP contribution is -2.51. The maximum atomic E-state index is 12.5. The first-order chi connectivity index (χ1) is 11.2. The molecule has 0 aromatic carbocycles. The van der Waals surface area contributed by atoms with Crippen LogP contribution >= 0.6 is 0 Å². The molecule has 0 aliphatic carbocycles. The second-order valence-corrected chi connectivity index (χ2v) is 7.88. The van der Waals surface area contributed by atoms with E-state index in [2.05, 4.69) is 17.2 Å². The summed E-state index contributed by atoms with van der Waals surface area (Å²) in [7, 11) is 0. The zero-order valence-corrected chi connectivity index (χ0v) is 16.4. The number of esters is 1. The van der Waals surface area contributed by atoms with Crippen molar-refractivity contribution in [2.45, 2.75) is 72.1 Å². The summed E-state index contributed by atoms with van der Waals surface area (Å²) in [6.07, 6.45) is 1.44. The Hall–Kier alpha value is -2.05. The minimum Gasteiger partial charge on any atom is -0.458 e. The Morgan fingerprint density at radius 2 is 1.56 bits per heavy atom. The van der Waals surface area contributed by atoms with Crippen LogP contribution in [0.1, 0.15) is 54.9 Å². The van der Waals surface area contributed by atoms with Crippen molar-refractivity contribution in [3.05, 3.63) is 12.7 Å². The van der Waals surface area contributed by atoms with E-state index in [9.17, 15) is 14.4 Å². The van der Waals surface area contributed by atoms with Gasteiger partial charge in [0.05, 0.1) is 0 Å². The summed E-state index contributed by atoms with van der Waals surface area (Å²) in [5.41, 5.74) is -1.31. The number of ether oxygens (including phenoxy) is 2. The van der Waals surface area contributed by atoms with E-state index in [1.165, 1.54) is 6.92 Å². The summed E-state index contributed by atoms with van der Waals surface area (Å²) in [5.74, 6) is -1.33. The highest BCUT2D eigenvalue weighted by atomic mass is 16.6. The molecule has 0 saturated carbocycles. The van der Waals surface area contributed by atoms with Gasteiger partial charge in [0.2, 0.25) is 5.91 Å². The Balaban J connectivity index is 5.14. The highest BCUT2D eigenvalue weighted by Crippen LogP contribution is 2.16. The van der Waals surface area contributed by atoms with Crippen LogP contribution in [0.25, 0.3) is 0 Å². The number of hydrogen-bond acceptors (Lipinski definition) is 5. The molecule has 0 aromatic heterocycles. The van der Waals surface area contributed by atoms with Crippen molar-refractivity contribution < 1.29 is 23.9 Å². The summed E-state index contributed by atoms with van der Waals surface area (Å²) in [6, 6.07) is -0.898. The van der Waals surface area contributed by atoms with Gasteiger partial charge in [-0.2, -0.15) is 0 Å². The first-order valence-corrected chi connectivity index (χ1v) is 8.33. The molecule has 2 atom stereocenters. The van der Waals surface area contributed by atoms with Crippen LogP contribution in [0, 0.1) is 5.92 Å². The Labute approximate surface area is 150 Å². The van der Waals surface area contributed by atoms with Crippen LogP contribution in [0.3, 0.4) is 0 Å². The van der Waals surface area contributed by atoms with Gasteiger partial charge < -0.3 is 20.1 Å². The predicted octanol–water partition coefficient (Wildman–Crippen LogP) is 2.55.